The van der Waals surface area contributed by atoms with Crippen molar-refractivity contribution in [3.8, 4) is 17.2 Å². The van der Waals surface area contributed by atoms with Crippen molar-refractivity contribution < 1.29 is 15.0 Å². The van der Waals surface area contributed by atoms with E-state index in [2.05, 4.69) is 35.9 Å². The number of aromatic nitrogens is 7. The molecule has 0 saturated heterocycles. The highest BCUT2D eigenvalue weighted by molar-refractivity contribution is 5.88. The van der Waals surface area contributed by atoms with Gasteiger partial charge in [-0.2, -0.15) is 14.6 Å². The van der Waals surface area contributed by atoms with Crippen molar-refractivity contribution in [1.82, 2.24) is 39.8 Å². The minimum atomic E-state index is -1.74. The topological polar surface area (TPSA) is 156 Å². The molecule has 4 aromatic rings. The first-order chi connectivity index (χ1) is 16.4. The van der Waals surface area contributed by atoms with Crippen LogP contribution in [0.15, 0.2) is 42.9 Å². The maximum atomic E-state index is 12.5. The van der Waals surface area contributed by atoms with Gasteiger partial charge < -0.3 is 20.8 Å². The standard InChI is InChI=1S/C22H23N9O3/c1-23-16-15-17(27-20(26-16)31-10-14(28-29-31)12-6-4-3-5-7-12)30(11-25-15)22(34)9-13-8-21(13,18(22)32)19(33)24-2/h3-7,10-11,13,18,32,34H,8-9H2,1-2H3,(H,24,33)(H,23,26,27)/t13?,18-,21?,22+/m1/s1. The number of carbonyl (C=O) groups excluding carboxylic acids is 1. The number of imidazole rings is 1. The molecule has 2 unspecified atom stereocenters. The van der Waals surface area contributed by atoms with E-state index >= 15 is 0 Å². The predicted molar refractivity (Wildman–Crippen MR) is 121 cm³/mol. The summed E-state index contributed by atoms with van der Waals surface area (Å²) >= 11 is 0. The molecule has 4 N–H and O–H groups in total. The van der Waals surface area contributed by atoms with Gasteiger partial charge >= 0.3 is 0 Å². The van der Waals surface area contributed by atoms with Crippen LogP contribution in [0.4, 0.5) is 5.82 Å². The Morgan fingerprint density at radius 3 is 2.71 bits per heavy atom. The fourth-order valence-electron chi connectivity index (χ4n) is 5.24. The number of amides is 1. The molecule has 0 spiro atoms. The van der Waals surface area contributed by atoms with Crippen LogP contribution in [0.5, 0.6) is 0 Å². The molecule has 34 heavy (non-hydrogen) atoms. The van der Waals surface area contributed by atoms with E-state index in [-0.39, 0.29) is 24.2 Å². The molecule has 0 bridgehead atoms. The van der Waals surface area contributed by atoms with E-state index in [1.165, 1.54) is 22.6 Å². The lowest BCUT2D eigenvalue weighted by Gasteiger charge is -2.33. The second-order valence-corrected chi connectivity index (χ2v) is 8.83. The zero-order valence-electron chi connectivity index (χ0n) is 18.5. The van der Waals surface area contributed by atoms with Gasteiger partial charge in [-0.15, -0.1) is 5.10 Å². The summed E-state index contributed by atoms with van der Waals surface area (Å²) in [5, 5.41) is 36.7. The molecule has 6 rings (SSSR count). The maximum Gasteiger partial charge on any atom is 0.256 e. The summed E-state index contributed by atoms with van der Waals surface area (Å²) in [6.07, 6.45) is 2.57. The Hall–Kier alpha value is -3.90. The van der Waals surface area contributed by atoms with Gasteiger partial charge in [0.15, 0.2) is 22.7 Å². The normalized spacial score (nSPS) is 27.5. The minimum Gasteiger partial charge on any atom is -0.387 e. The molecule has 174 valence electrons. The van der Waals surface area contributed by atoms with E-state index in [9.17, 15) is 15.0 Å². The van der Waals surface area contributed by atoms with Crippen molar-refractivity contribution in [2.75, 3.05) is 19.4 Å². The Kier molecular flexibility index (Phi) is 4.29. The monoisotopic (exact) mass is 461 g/mol. The number of hydrogen-bond donors (Lipinski definition) is 4. The van der Waals surface area contributed by atoms with E-state index in [1.54, 1.807) is 13.2 Å². The highest BCUT2D eigenvalue weighted by Crippen LogP contribution is 2.68. The predicted octanol–water partition coefficient (Wildman–Crippen LogP) is 0.278. The van der Waals surface area contributed by atoms with Crippen LogP contribution in [0.2, 0.25) is 0 Å². The van der Waals surface area contributed by atoms with Crippen molar-refractivity contribution in [2.24, 2.45) is 11.3 Å². The van der Waals surface area contributed by atoms with Gasteiger partial charge in [0.25, 0.3) is 5.95 Å². The Balaban J connectivity index is 1.45. The molecule has 12 heteroatoms. The molecule has 2 aliphatic rings. The highest BCUT2D eigenvalue weighted by atomic mass is 16.4. The molecule has 2 aliphatic carbocycles. The fraction of sp³-hybridized carbons (Fsp3) is 0.364. The fourth-order valence-corrected chi connectivity index (χ4v) is 5.24. The van der Waals surface area contributed by atoms with Gasteiger partial charge in [-0.25, -0.2) is 4.98 Å². The minimum absolute atomic E-state index is 0.126. The summed E-state index contributed by atoms with van der Waals surface area (Å²) in [7, 11) is 3.24. The Morgan fingerprint density at radius 1 is 1.18 bits per heavy atom. The van der Waals surface area contributed by atoms with Crippen molar-refractivity contribution in [2.45, 2.75) is 24.7 Å². The van der Waals surface area contributed by atoms with Crippen LogP contribution in [-0.4, -0.2) is 70.8 Å². The van der Waals surface area contributed by atoms with E-state index in [4.69, 9.17) is 0 Å². The van der Waals surface area contributed by atoms with Gasteiger partial charge in [0.05, 0.1) is 17.9 Å². The van der Waals surface area contributed by atoms with E-state index in [0.29, 0.717) is 29.1 Å². The third kappa shape index (κ3) is 2.66. The van der Waals surface area contributed by atoms with Crippen LogP contribution < -0.4 is 10.6 Å². The number of nitrogens with zero attached hydrogens (tertiary/aromatic N) is 7. The quantitative estimate of drug-likeness (QED) is 0.328. The first-order valence-corrected chi connectivity index (χ1v) is 11.0. The summed E-state index contributed by atoms with van der Waals surface area (Å²) in [4.78, 5) is 26.0. The number of nitrogens with one attached hydrogen (secondary N) is 2. The number of benzene rings is 1. The van der Waals surface area contributed by atoms with Crippen LogP contribution in [0.3, 0.4) is 0 Å². The van der Waals surface area contributed by atoms with Crippen molar-refractivity contribution >= 4 is 22.9 Å². The molecule has 2 fully saturated rings. The Morgan fingerprint density at radius 2 is 1.97 bits per heavy atom. The number of anilines is 1. The Labute approximate surface area is 193 Å². The number of rotatable bonds is 5. The van der Waals surface area contributed by atoms with Crippen LogP contribution in [-0.2, 0) is 10.5 Å². The first kappa shape index (κ1) is 20.7. The number of aliphatic hydroxyl groups excluding tert-OH is 1. The van der Waals surface area contributed by atoms with E-state index < -0.39 is 17.2 Å². The maximum absolute atomic E-state index is 12.5. The molecule has 2 saturated carbocycles. The van der Waals surface area contributed by atoms with Gasteiger partial charge in [0.2, 0.25) is 5.91 Å². The lowest BCUT2D eigenvalue weighted by atomic mass is 9.94. The van der Waals surface area contributed by atoms with Crippen molar-refractivity contribution in [3.05, 3.63) is 42.9 Å². The van der Waals surface area contributed by atoms with Crippen LogP contribution in [0.25, 0.3) is 28.4 Å². The second kappa shape index (κ2) is 7.05. The zero-order chi connectivity index (χ0) is 23.7. The van der Waals surface area contributed by atoms with E-state index in [0.717, 1.165) is 5.56 Å². The average molecular weight is 461 g/mol. The lowest BCUT2D eigenvalue weighted by molar-refractivity contribution is -0.155. The third-order valence-corrected chi connectivity index (χ3v) is 7.08. The van der Waals surface area contributed by atoms with Gasteiger partial charge in [-0.1, -0.05) is 35.5 Å². The number of hydrogen-bond acceptors (Lipinski definition) is 9. The van der Waals surface area contributed by atoms with Crippen LogP contribution >= 0.6 is 0 Å². The SMILES string of the molecule is CNC(=O)C12CC1C[C@@](O)(n1cnc3c(NC)nc(-n4cc(-c5ccccc5)nn4)nc31)[C@@H]2O. The molecule has 1 aromatic carbocycles. The van der Waals surface area contributed by atoms with Crippen LogP contribution in [0.1, 0.15) is 12.8 Å². The number of fused-ring (bicyclic) bond motifs is 2. The Bertz CT molecular complexity index is 1420. The van der Waals surface area contributed by atoms with Gasteiger partial charge in [0, 0.05) is 26.1 Å². The van der Waals surface area contributed by atoms with Gasteiger partial charge in [0.1, 0.15) is 11.8 Å². The molecule has 4 atom stereocenters. The molecule has 3 heterocycles. The van der Waals surface area contributed by atoms with Crippen LogP contribution in [0, 0.1) is 11.3 Å². The molecule has 0 aliphatic heterocycles. The molecular formula is C22H23N9O3. The average Bonchev–Trinajstić information content (AvgIpc) is 3.19. The lowest BCUT2D eigenvalue weighted by Crippen LogP contribution is -2.49. The molecule has 12 nitrogen and oxygen atoms in total. The molecule has 1 amide bonds. The molecular weight excluding hydrogens is 438 g/mol. The van der Waals surface area contributed by atoms with Gasteiger partial charge in [-0.05, 0) is 12.3 Å². The number of aliphatic hydroxyl groups is 2. The van der Waals surface area contributed by atoms with Crippen molar-refractivity contribution in [3.63, 3.8) is 0 Å². The first-order valence-electron chi connectivity index (χ1n) is 11.0. The summed E-state index contributed by atoms with van der Waals surface area (Å²) < 4.78 is 2.88. The largest absolute Gasteiger partial charge is 0.387 e. The highest BCUT2D eigenvalue weighted by Gasteiger charge is 2.76. The molecule has 0 radical (unpaired) electrons. The summed E-state index contributed by atoms with van der Waals surface area (Å²) in [6, 6.07) is 9.61. The number of carbonyl (C=O) groups is 1. The smallest absolute Gasteiger partial charge is 0.256 e. The second-order valence-electron chi connectivity index (χ2n) is 8.83. The summed E-state index contributed by atoms with van der Waals surface area (Å²) in [6.45, 7) is 0. The van der Waals surface area contributed by atoms with E-state index in [1.807, 2.05) is 30.3 Å². The third-order valence-electron chi connectivity index (χ3n) is 7.08. The summed E-state index contributed by atoms with van der Waals surface area (Å²) in [5.74, 6) is 0.250. The van der Waals surface area contributed by atoms with Crippen molar-refractivity contribution in [1.29, 1.82) is 0 Å². The summed E-state index contributed by atoms with van der Waals surface area (Å²) in [5.41, 5.74) is -0.459. The zero-order valence-corrected chi connectivity index (χ0v) is 18.5. The molecule has 3 aromatic heterocycles. The van der Waals surface area contributed by atoms with Gasteiger partial charge in [-0.3, -0.25) is 9.36 Å².